The van der Waals surface area contributed by atoms with Crippen molar-refractivity contribution in [1.29, 1.82) is 0 Å². The van der Waals surface area contributed by atoms with Crippen molar-refractivity contribution in [3.8, 4) is 0 Å². The molecule has 0 bridgehead atoms. The molecule has 2 aromatic carbocycles. The summed E-state index contributed by atoms with van der Waals surface area (Å²) in [6.07, 6.45) is 5.98. The van der Waals surface area contributed by atoms with Crippen LogP contribution in [0.3, 0.4) is 0 Å². The first-order chi connectivity index (χ1) is 14.0. The molecule has 4 N–H and O–H groups in total. The molecule has 2 rings (SSSR count). The van der Waals surface area contributed by atoms with Crippen molar-refractivity contribution >= 4 is 23.7 Å². The van der Waals surface area contributed by atoms with Gasteiger partial charge in [-0.1, -0.05) is 36.9 Å². The summed E-state index contributed by atoms with van der Waals surface area (Å²) in [6.45, 7) is 6.30. The summed E-state index contributed by atoms with van der Waals surface area (Å²) in [5.74, 6) is -0.222. The Morgan fingerprint density at radius 3 is 2.45 bits per heavy atom. The molecule has 6 heteroatoms. The summed E-state index contributed by atoms with van der Waals surface area (Å²) in [6, 6.07) is 14.4. The van der Waals surface area contributed by atoms with E-state index in [0.29, 0.717) is 35.6 Å². The Morgan fingerprint density at radius 2 is 1.86 bits per heavy atom. The fourth-order valence-corrected chi connectivity index (χ4v) is 2.83. The van der Waals surface area contributed by atoms with Gasteiger partial charge in [0.05, 0.1) is 22.8 Å². The van der Waals surface area contributed by atoms with Crippen molar-refractivity contribution in [2.24, 2.45) is 0 Å². The highest BCUT2D eigenvalue weighted by molar-refractivity contribution is 6.05. The molecule has 150 valence electrons. The zero-order chi connectivity index (χ0) is 21.2. The van der Waals surface area contributed by atoms with Crippen LogP contribution in [-0.4, -0.2) is 24.3 Å². The van der Waals surface area contributed by atoms with Gasteiger partial charge in [0.1, 0.15) is 0 Å². The number of nitrogen functional groups attached to an aromatic ring is 1. The molecule has 0 heterocycles. The number of likely N-dealkylation sites (N-methyl/N-ethyl adjacent to an activating group) is 1. The second-order valence-electron chi connectivity index (χ2n) is 6.36. The largest absolute Gasteiger partial charge is 0.397 e. The molecule has 2 amide bonds. The third-order valence-electron chi connectivity index (χ3n) is 4.27. The summed E-state index contributed by atoms with van der Waals surface area (Å²) < 4.78 is 0. The first kappa shape index (κ1) is 21.5. The second kappa shape index (κ2) is 10.5. The third kappa shape index (κ3) is 5.84. The van der Waals surface area contributed by atoms with E-state index in [9.17, 15) is 9.59 Å². The van der Waals surface area contributed by atoms with Gasteiger partial charge in [0.2, 0.25) is 6.41 Å². The van der Waals surface area contributed by atoms with E-state index in [2.05, 4.69) is 17.2 Å². The van der Waals surface area contributed by atoms with Crippen LogP contribution in [0, 0.1) is 0 Å². The molecule has 0 saturated carbocycles. The average molecular weight is 390 g/mol. The van der Waals surface area contributed by atoms with Crippen molar-refractivity contribution < 1.29 is 9.59 Å². The number of anilines is 2. The number of benzene rings is 2. The molecular formula is C23H26N4O2. The smallest absolute Gasteiger partial charge is 0.255 e. The molecule has 0 saturated heterocycles. The molecule has 0 radical (unpaired) electrons. The number of amides is 2. The number of allylic oxidation sites excluding steroid dienone is 3. The number of hydrogen-bond donors (Lipinski definition) is 3. The van der Waals surface area contributed by atoms with E-state index in [4.69, 9.17) is 5.73 Å². The molecule has 29 heavy (non-hydrogen) atoms. The molecule has 0 fully saturated rings. The molecule has 0 aliphatic heterocycles. The summed E-state index contributed by atoms with van der Waals surface area (Å²) >= 11 is 0. The van der Waals surface area contributed by atoms with E-state index in [-0.39, 0.29) is 5.91 Å². The predicted molar refractivity (Wildman–Crippen MR) is 118 cm³/mol. The van der Waals surface area contributed by atoms with Gasteiger partial charge in [-0.2, -0.15) is 0 Å². The van der Waals surface area contributed by atoms with Crippen molar-refractivity contribution in [3.63, 3.8) is 0 Å². The van der Waals surface area contributed by atoms with Crippen LogP contribution in [0.2, 0.25) is 0 Å². The number of hydrogen-bond acceptors (Lipinski definition) is 4. The van der Waals surface area contributed by atoms with Crippen molar-refractivity contribution in [1.82, 2.24) is 10.2 Å². The van der Waals surface area contributed by atoms with Crippen LogP contribution < -0.4 is 16.4 Å². The molecule has 6 nitrogen and oxygen atoms in total. The van der Waals surface area contributed by atoms with Crippen LogP contribution in [0.5, 0.6) is 0 Å². The summed E-state index contributed by atoms with van der Waals surface area (Å²) in [5.41, 5.74) is 9.97. The Morgan fingerprint density at radius 1 is 1.17 bits per heavy atom. The summed E-state index contributed by atoms with van der Waals surface area (Å²) in [5, 5.41) is 5.50. The molecule has 0 aliphatic rings. The normalized spacial score (nSPS) is 11.5. The summed E-state index contributed by atoms with van der Waals surface area (Å²) in [7, 11) is 1.91. The van der Waals surface area contributed by atoms with E-state index >= 15 is 0 Å². The quantitative estimate of drug-likeness (QED) is 0.346. The molecule has 0 spiro atoms. The van der Waals surface area contributed by atoms with Gasteiger partial charge < -0.3 is 21.3 Å². The van der Waals surface area contributed by atoms with E-state index in [1.54, 1.807) is 30.3 Å². The fraction of sp³-hybridized carbons (Fsp3) is 0.130. The Hall–Kier alpha value is -3.80. The van der Waals surface area contributed by atoms with E-state index in [1.807, 2.05) is 55.3 Å². The Bertz CT molecular complexity index is 930. The standard InChI is InChI=1S/C23H26N4O2/c1-4-8-21(25-16-28)22(5-2)27(3)15-17-11-13-18(14-12-17)23(29)26-20-10-7-6-9-19(20)24/h4-14,16H,2,15,24H2,1,3H3,(H,25,28)(H,26,29)/b8-4-,22-21-. The van der Waals surface area contributed by atoms with Crippen LogP contribution in [0.25, 0.3) is 0 Å². The van der Waals surface area contributed by atoms with Gasteiger partial charge in [-0.3, -0.25) is 9.59 Å². The minimum Gasteiger partial charge on any atom is -0.397 e. The number of nitrogens with zero attached hydrogens (tertiary/aromatic N) is 1. The second-order valence-corrected chi connectivity index (χ2v) is 6.36. The van der Waals surface area contributed by atoms with E-state index in [1.165, 1.54) is 0 Å². The maximum Gasteiger partial charge on any atom is 0.255 e. The van der Waals surface area contributed by atoms with E-state index in [0.717, 1.165) is 11.3 Å². The van der Waals surface area contributed by atoms with Crippen LogP contribution in [-0.2, 0) is 11.3 Å². The number of nitrogens with two attached hydrogens (primary N) is 1. The Labute approximate surface area is 171 Å². The monoisotopic (exact) mass is 390 g/mol. The van der Waals surface area contributed by atoms with Crippen LogP contribution in [0.15, 0.2) is 84.7 Å². The highest BCUT2D eigenvalue weighted by Gasteiger charge is 2.10. The lowest BCUT2D eigenvalue weighted by atomic mass is 10.1. The fourth-order valence-electron chi connectivity index (χ4n) is 2.83. The maximum absolute atomic E-state index is 12.4. The van der Waals surface area contributed by atoms with Crippen molar-refractivity contribution in [3.05, 3.63) is 95.9 Å². The first-order valence-electron chi connectivity index (χ1n) is 9.15. The number of carbonyl (C=O) groups excluding carboxylic acids is 2. The van der Waals surface area contributed by atoms with Gasteiger partial charge in [-0.15, -0.1) is 0 Å². The first-order valence-corrected chi connectivity index (χ1v) is 9.15. The lowest BCUT2D eigenvalue weighted by Crippen LogP contribution is -2.22. The minimum atomic E-state index is -0.222. The molecular weight excluding hydrogens is 364 g/mol. The molecule has 0 unspecified atom stereocenters. The van der Waals surface area contributed by atoms with Crippen molar-refractivity contribution in [2.75, 3.05) is 18.1 Å². The van der Waals surface area contributed by atoms with E-state index < -0.39 is 0 Å². The zero-order valence-corrected chi connectivity index (χ0v) is 16.7. The number of carbonyl (C=O) groups is 2. The third-order valence-corrected chi connectivity index (χ3v) is 4.27. The van der Waals surface area contributed by atoms with Gasteiger partial charge >= 0.3 is 0 Å². The van der Waals surface area contributed by atoms with Gasteiger partial charge in [0.15, 0.2) is 0 Å². The topological polar surface area (TPSA) is 87.5 Å². The lowest BCUT2D eigenvalue weighted by Gasteiger charge is -2.23. The number of rotatable bonds is 9. The maximum atomic E-state index is 12.4. The highest BCUT2D eigenvalue weighted by Crippen LogP contribution is 2.19. The predicted octanol–water partition coefficient (Wildman–Crippen LogP) is 3.67. The Balaban J connectivity index is 2.12. The lowest BCUT2D eigenvalue weighted by molar-refractivity contribution is -0.108. The highest BCUT2D eigenvalue weighted by atomic mass is 16.1. The molecule has 2 aromatic rings. The number of nitrogens with one attached hydrogen (secondary N) is 2. The van der Waals surface area contributed by atoms with Crippen molar-refractivity contribution in [2.45, 2.75) is 13.5 Å². The number of para-hydroxylation sites is 2. The average Bonchev–Trinajstić information content (AvgIpc) is 2.71. The Kier molecular flexibility index (Phi) is 7.79. The van der Waals surface area contributed by atoms with Crippen LogP contribution >= 0.6 is 0 Å². The SMILES string of the molecule is C=C/C(=C(\C=C/C)NC=O)N(C)Cc1ccc(C(=O)Nc2ccccc2N)cc1. The summed E-state index contributed by atoms with van der Waals surface area (Å²) in [4.78, 5) is 25.3. The van der Waals surface area contributed by atoms with Gasteiger partial charge in [0, 0.05) is 19.2 Å². The van der Waals surface area contributed by atoms with Crippen LogP contribution in [0.1, 0.15) is 22.8 Å². The van der Waals surface area contributed by atoms with Crippen LogP contribution in [0.4, 0.5) is 11.4 Å². The van der Waals surface area contributed by atoms with Gasteiger partial charge in [-0.25, -0.2) is 0 Å². The minimum absolute atomic E-state index is 0.222. The van der Waals surface area contributed by atoms with Gasteiger partial charge in [0.25, 0.3) is 5.91 Å². The zero-order valence-electron chi connectivity index (χ0n) is 16.7. The molecule has 0 aromatic heterocycles. The molecule has 0 aliphatic carbocycles. The molecule has 0 atom stereocenters. The van der Waals surface area contributed by atoms with Gasteiger partial charge in [-0.05, 0) is 48.9 Å².